The highest BCUT2D eigenvalue weighted by molar-refractivity contribution is 6.09. The first-order chi connectivity index (χ1) is 10.1. The number of aromatic amines is 1. The van der Waals surface area contributed by atoms with Gasteiger partial charge in [-0.25, -0.2) is 9.78 Å². The predicted molar refractivity (Wildman–Crippen MR) is 80.1 cm³/mol. The van der Waals surface area contributed by atoms with Crippen molar-refractivity contribution in [1.82, 2.24) is 9.97 Å². The summed E-state index contributed by atoms with van der Waals surface area (Å²) in [5, 5.41) is 11.4. The summed E-state index contributed by atoms with van der Waals surface area (Å²) in [5.41, 5.74) is 2.35. The van der Waals surface area contributed by atoms with Crippen LogP contribution in [0.1, 0.15) is 30.0 Å². The minimum absolute atomic E-state index is 0.212. The standard InChI is InChI=1S/C16H16N2O3/c1-9(2)21-16(20)13-7-11-10-5-3-4-6-12(10)18-15(11)14(8-19)17-13/h3-7,9,18-19H,8H2,1-2H3. The van der Waals surface area contributed by atoms with Crippen LogP contribution in [0.3, 0.4) is 0 Å². The lowest BCUT2D eigenvalue weighted by atomic mass is 10.1. The molecule has 0 aliphatic rings. The Balaban J connectivity index is 2.24. The van der Waals surface area contributed by atoms with Crippen molar-refractivity contribution in [3.05, 3.63) is 41.7 Å². The molecule has 5 heteroatoms. The van der Waals surface area contributed by atoms with Gasteiger partial charge in [0, 0.05) is 16.3 Å². The van der Waals surface area contributed by atoms with E-state index in [1.807, 2.05) is 24.3 Å². The maximum atomic E-state index is 12.0. The second kappa shape index (κ2) is 5.18. The number of pyridine rings is 1. The van der Waals surface area contributed by atoms with Gasteiger partial charge in [0.1, 0.15) is 5.69 Å². The zero-order valence-electron chi connectivity index (χ0n) is 11.9. The van der Waals surface area contributed by atoms with E-state index in [0.717, 1.165) is 21.8 Å². The summed E-state index contributed by atoms with van der Waals surface area (Å²) in [5.74, 6) is -0.480. The molecule has 3 rings (SSSR count). The number of nitrogens with zero attached hydrogens (tertiary/aromatic N) is 1. The van der Waals surface area contributed by atoms with E-state index in [2.05, 4.69) is 9.97 Å². The summed E-state index contributed by atoms with van der Waals surface area (Å²) in [6.45, 7) is 3.33. The Morgan fingerprint density at radius 2 is 2.10 bits per heavy atom. The number of ether oxygens (including phenoxy) is 1. The molecule has 2 N–H and O–H groups in total. The zero-order chi connectivity index (χ0) is 15.0. The van der Waals surface area contributed by atoms with Crippen LogP contribution in [-0.4, -0.2) is 27.1 Å². The van der Waals surface area contributed by atoms with Gasteiger partial charge in [-0.1, -0.05) is 18.2 Å². The molecule has 0 aliphatic carbocycles. The molecule has 1 aromatic carbocycles. The molecule has 0 unspecified atom stereocenters. The van der Waals surface area contributed by atoms with Gasteiger partial charge in [-0.2, -0.15) is 0 Å². The molecule has 0 saturated carbocycles. The van der Waals surface area contributed by atoms with Gasteiger partial charge in [0.15, 0.2) is 0 Å². The van der Waals surface area contributed by atoms with Crippen molar-refractivity contribution in [2.24, 2.45) is 0 Å². The Bertz CT molecular complexity index is 821. The van der Waals surface area contributed by atoms with Crippen LogP contribution in [0, 0.1) is 0 Å². The lowest BCUT2D eigenvalue weighted by Gasteiger charge is -2.08. The summed E-state index contributed by atoms with van der Waals surface area (Å²) in [6, 6.07) is 9.48. The molecule has 0 bridgehead atoms. The van der Waals surface area contributed by atoms with Crippen molar-refractivity contribution in [2.45, 2.75) is 26.6 Å². The number of benzene rings is 1. The van der Waals surface area contributed by atoms with Crippen LogP contribution < -0.4 is 0 Å². The number of carbonyl (C=O) groups is 1. The van der Waals surface area contributed by atoms with Crippen molar-refractivity contribution in [2.75, 3.05) is 0 Å². The Hall–Kier alpha value is -2.40. The van der Waals surface area contributed by atoms with Crippen molar-refractivity contribution < 1.29 is 14.6 Å². The normalized spacial score (nSPS) is 11.4. The third kappa shape index (κ3) is 2.36. The molecule has 2 aromatic heterocycles. The fourth-order valence-electron chi connectivity index (χ4n) is 2.40. The second-order valence-corrected chi connectivity index (χ2v) is 5.16. The van der Waals surface area contributed by atoms with Crippen molar-refractivity contribution in [3.63, 3.8) is 0 Å². The van der Waals surface area contributed by atoms with E-state index in [9.17, 15) is 9.90 Å². The number of hydrogen-bond acceptors (Lipinski definition) is 4. The SMILES string of the molecule is CC(C)OC(=O)c1cc2c([nH]c3ccccc32)c(CO)n1. The molecule has 0 spiro atoms. The van der Waals surface area contributed by atoms with Crippen LogP contribution >= 0.6 is 0 Å². The van der Waals surface area contributed by atoms with E-state index in [-0.39, 0.29) is 18.4 Å². The summed E-state index contributed by atoms with van der Waals surface area (Å²) < 4.78 is 5.18. The van der Waals surface area contributed by atoms with Crippen LogP contribution in [0.5, 0.6) is 0 Å². The number of esters is 1. The number of carbonyl (C=O) groups excluding carboxylic acids is 1. The maximum Gasteiger partial charge on any atom is 0.357 e. The number of H-pyrrole nitrogens is 1. The number of aliphatic hydroxyl groups is 1. The Kier molecular flexibility index (Phi) is 3.35. The third-order valence-electron chi connectivity index (χ3n) is 3.27. The van der Waals surface area contributed by atoms with Crippen LogP contribution in [0.4, 0.5) is 0 Å². The predicted octanol–water partition coefficient (Wildman–Crippen LogP) is 2.77. The van der Waals surface area contributed by atoms with Crippen molar-refractivity contribution >= 4 is 27.8 Å². The Labute approximate surface area is 121 Å². The number of rotatable bonds is 3. The lowest BCUT2D eigenvalue weighted by Crippen LogP contribution is -2.14. The first-order valence-corrected chi connectivity index (χ1v) is 6.82. The first kappa shape index (κ1) is 13.6. The molecule has 0 aliphatic heterocycles. The van der Waals surface area contributed by atoms with Crippen molar-refractivity contribution in [3.8, 4) is 0 Å². The molecule has 0 atom stereocenters. The highest BCUT2D eigenvalue weighted by atomic mass is 16.5. The Morgan fingerprint density at radius 3 is 2.81 bits per heavy atom. The molecule has 2 heterocycles. The number of aliphatic hydroxyl groups excluding tert-OH is 1. The molecule has 0 radical (unpaired) electrons. The minimum atomic E-state index is -0.480. The molecule has 0 fully saturated rings. The summed E-state index contributed by atoms with van der Waals surface area (Å²) in [4.78, 5) is 19.5. The molecule has 21 heavy (non-hydrogen) atoms. The van der Waals surface area contributed by atoms with Crippen LogP contribution in [0.2, 0.25) is 0 Å². The Morgan fingerprint density at radius 1 is 1.33 bits per heavy atom. The van der Waals surface area contributed by atoms with Crippen LogP contribution in [0.15, 0.2) is 30.3 Å². The van der Waals surface area contributed by atoms with Crippen LogP contribution in [-0.2, 0) is 11.3 Å². The third-order valence-corrected chi connectivity index (χ3v) is 3.27. The highest BCUT2D eigenvalue weighted by Gasteiger charge is 2.17. The number of aromatic nitrogens is 2. The highest BCUT2D eigenvalue weighted by Crippen LogP contribution is 2.27. The smallest absolute Gasteiger partial charge is 0.357 e. The van der Waals surface area contributed by atoms with Gasteiger partial charge in [-0.3, -0.25) is 0 Å². The van der Waals surface area contributed by atoms with Gasteiger partial charge in [-0.15, -0.1) is 0 Å². The van der Waals surface area contributed by atoms with Crippen molar-refractivity contribution in [1.29, 1.82) is 0 Å². The van der Waals surface area contributed by atoms with E-state index >= 15 is 0 Å². The van der Waals surface area contributed by atoms with Gasteiger partial charge in [0.05, 0.1) is 23.9 Å². The largest absolute Gasteiger partial charge is 0.458 e. The number of nitrogens with one attached hydrogen (secondary N) is 1. The number of para-hydroxylation sites is 1. The van der Waals surface area contributed by atoms with Gasteiger partial charge in [0.2, 0.25) is 0 Å². The van der Waals surface area contributed by atoms with E-state index in [4.69, 9.17) is 4.74 Å². The van der Waals surface area contributed by atoms with Crippen LogP contribution in [0.25, 0.3) is 21.8 Å². The summed E-state index contributed by atoms with van der Waals surface area (Å²) >= 11 is 0. The maximum absolute atomic E-state index is 12.0. The van der Waals surface area contributed by atoms with E-state index < -0.39 is 5.97 Å². The monoisotopic (exact) mass is 284 g/mol. The second-order valence-electron chi connectivity index (χ2n) is 5.16. The average Bonchev–Trinajstić information content (AvgIpc) is 2.84. The lowest BCUT2D eigenvalue weighted by molar-refractivity contribution is 0.0370. The van der Waals surface area contributed by atoms with Gasteiger partial charge >= 0.3 is 5.97 Å². The van der Waals surface area contributed by atoms with Gasteiger partial charge in [-0.05, 0) is 26.0 Å². The fraction of sp³-hybridized carbons (Fsp3) is 0.250. The molecule has 5 nitrogen and oxygen atoms in total. The number of hydrogen-bond donors (Lipinski definition) is 2. The minimum Gasteiger partial charge on any atom is -0.458 e. The molecule has 3 aromatic rings. The first-order valence-electron chi connectivity index (χ1n) is 6.82. The molecule has 0 saturated heterocycles. The number of fused-ring (bicyclic) bond motifs is 3. The quantitative estimate of drug-likeness (QED) is 0.725. The van der Waals surface area contributed by atoms with Gasteiger partial charge < -0.3 is 14.8 Å². The summed E-state index contributed by atoms with van der Waals surface area (Å²) in [6.07, 6.45) is -0.212. The summed E-state index contributed by atoms with van der Waals surface area (Å²) in [7, 11) is 0. The topological polar surface area (TPSA) is 75.2 Å². The van der Waals surface area contributed by atoms with E-state index in [1.165, 1.54) is 0 Å². The molecule has 108 valence electrons. The fourth-order valence-corrected chi connectivity index (χ4v) is 2.40. The average molecular weight is 284 g/mol. The van der Waals surface area contributed by atoms with E-state index in [1.54, 1.807) is 19.9 Å². The van der Waals surface area contributed by atoms with Gasteiger partial charge in [0.25, 0.3) is 0 Å². The molecule has 0 amide bonds. The van der Waals surface area contributed by atoms with E-state index in [0.29, 0.717) is 5.69 Å². The molecular weight excluding hydrogens is 268 g/mol. The molecular formula is C16H16N2O3. The zero-order valence-corrected chi connectivity index (χ0v) is 11.9.